The number of esters is 2. The van der Waals surface area contributed by atoms with Gasteiger partial charge in [-0.05, 0) is 103 Å². The van der Waals surface area contributed by atoms with Gasteiger partial charge in [-0.15, -0.1) is 0 Å². The minimum atomic E-state index is -4.40. The second-order valence-electron chi connectivity index (χ2n) is 24.1. The standard InChI is InChI=1S/C77H136NO8P/c1-3-5-7-9-11-13-15-17-19-21-23-25-27-29-31-33-35-36-37-38-40-41-43-45-47-49-51-53-55-57-59-61-63-65-67-69-76(79)83-73-75(74-85-87(81,82)84-72-71-78)86-77(80)70-68-66-64-62-60-58-56-54-52-50-48-46-44-42-39-34-32-30-28-26-24-22-20-18-16-14-12-10-8-6-4-2/h6,8,12,14-15,17-18,20-21,23-24,26,30,32,39,42,46,48,75H,3-5,7,9-11,13,16,19,22,25,27-29,31,33-38,40-41,43-45,47,49-74,78H2,1-2H3,(H,81,82)/b8-6-,14-12-,17-15-,20-18-,23-21-,26-24-,32-30-,42-39-,48-46-. The highest BCUT2D eigenvalue weighted by atomic mass is 31.2. The van der Waals surface area contributed by atoms with E-state index in [9.17, 15) is 19.0 Å². The van der Waals surface area contributed by atoms with Gasteiger partial charge in [0.25, 0.3) is 0 Å². The summed E-state index contributed by atoms with van der Waals surface area (Å²) in [6.45, 7) is 3.65. The van der Waals surface area contributed by atoms with E-state index in [4.69, 9.17) is 24.3 Å². The predicted octanol–water partition coefficient (Wildman–Crippen LogP) is 24.1. The van der Waals surface area contributed by atoms with Crippen molar-refractivity contribution in [2.75, 3.05) is 26.4 Å². The van der Waals surface area contributed by atoms with Crippen molar-refractivity contribution in [1.29, 1.82) is 0 Å². The van der Waals surface area contributed by atoms with Gasteiger partial charge in [0.05, 0.1) is 13.2 Å². The van der Waals surface area contributed by atoms with Crippen LogP contribution in [-0.4, -0.2) is 49.3 Å². The maximum atomic E-state index is 12.8. The molecule has 0 aliphatic rings. The van der Waals surface area contributed by atoms with Crippen molar-refractivity contribution < 1.29 is 37.6 Å². The summed E-state index contributed by atoms with van der Waals surface area (Å²) in [5, 5.41) is 0. The zero-order valence-electron chi connectivity index (χ0n) is 56.5. The lowest BCUT2D eigenvalue weighted by Crippen LogP contribution is -2.29. The quantitative estimate of drug-likeness (QED) is 0.0264. The Morgan fingerprint density at radius 1 is 0.356 bits per heavy atom. The lowest BCUT2D eigenvalue weighted by atomic mass is 10.0. The van der Waals surface area contributed by atoms with Gasteiger partial charge < -0.3 is 20.1 Å². The van der Waals surface area contributed by atoms with E-state index in [1.165, 1.54) is 205 Å². The van der Waals surface area contributed by atoms with Crippen LogP contribution in [0.5, 0.6) is 0 Å². The van der Waals surface area contributed by atoms with Crippen molar-refractivity contribution in [1.82, 2.24) is 0 Å². The van der Waals surface area contributed by atoms with Gasteiger partial charge in [0.1, 0.15) is 6.61 Å². The van der Waals surface area contributed by atoms with Crippen molar-refractivity contribution in [3.05, 3.63) is 109 Å². The summed E-state index contributed by atoms with van der Waals surface area (Å²) in [7, 11) is -4.40. The summed E-state index contributed by atoms with van der Waals surface area (Å²) >= 11 is 0. The number of carbonyl (C=O) groups excluding carboxylic acids is 2. The smallest absolute Gasteiger partial charge is 0.462 e. The van der Waals surface area contributed by atoms with Crippen LogP contribution in [0.15, 0.2) is 109 Å². The molecule has 0 aliphatic carbocycles. The number of phosphoric ester groups is 1. The first-order valence-electron chi connectivity index (χ1n) is 36.4. The molecule has 0 bridgehead atoms. The van der Waals surface area contributed by atoms with E-state index in [2.05, 4.69) is 123 Å². The molecule has 0 spiro atoms. The summed E-state index contributed by atoms with van der Waals surface area (Å²) in [6.07, 6.45) is 99.1. The molecule has 87 heavy (non-hydrogen) atoms. The largest absolute Gasteiger partial charge is 0.472 e. The maximum Gasteiger partial charge on any atom is 0.472 e. The molecule has 0 saturated heterocycles. The van der Waals surface area contributed by atoms with E-state index in [-0.39, 0.29) is 38.6 Å². The predicted molar refractivity (Wildman–Crippen MR) is 376 cm³/mol. The highest BCUT2D eigenvalue weighted by molar-refractivity contribution is 7.47. The molecule has 9 nitrogen and oxygen atoms in total. The first-order chi connectivity index (χ1) is 42.8. The molecule has 0 radical (unpaired) electrons. The topological polar surface area (TPSA) is 134 Å². The average Bonchev–Trinajstić information content (AvgIpc) is 3.66. The molecular formula is C77H136NO8P. The van der Waals surface area contributed by atoms with Crippen molar-refractivity contribution in [2.45, 2.75) is 341 Å². The van der Waals surface area contributed by atoms with Crippen LogP contribution in [0.1, 0.15) is 335 Å². The van der Waals surface area contributed by atoms with E-state index in [0.717, 1.165) is 96.3 Å². The molecule has 0 aromatic heterocycles. The van der Waals surface area contributed by atoms with Crippen molar-refractivity contribution in [3.8, 4) is 0 Å². The second-order valence-corrected chi connectivity index (χ2v) is 25.5. The Bertz CT molecular complexity index is 1800. The zero-order valence-corrected chi connectivity index (χ0v) is 57.4. The number of allylic oxidation sites excluding steroid dienone is 18. The molecule has 0 saturated carbocycles. The molecule has 2 atom stereocenters. The highest BCUT2D eigenvalue weighted by Gasteiger charge is 2.26. The van der Waals surface area contributed by atoms with Gasteiger partial charge in [-0.1, -0.05) is 329 Å². The van der Waals surface area contributed by atoms with Gasteiger partial charge in [0.2, 0.25) is 0 Å². The second kappa shape index (κ2) is 71.7. The minimum Gasteiger partial charge on any atom is -0.462 e. The van der Waals surface area contributed by atoms with Crippen molar-refractivity contribution in [2.24, 2.45) is 5.73 Å². The Balaban J connectivity index is 3.87. The Morgan fingerprint density at radius 2 is 0.632 bits per heavy atom. The molecule has 0 aliphatic heterocycles. The summed E-state index contributed by atoms with van der Waals surface area (Å²) < 4.78 is 33.2. The number of unbranched alkanes of at least 4 members (excludes halogenated alkanes) is 37. The Hall–Kier alpha value is -3.33. The Morgan fingerprint density at radius 3 is 0.943 bits per heavy atom. The maximum absolute atomic E-state index is 12.8. The number of hydrogen-bond donors (Lipinski definition) is 2. The molecule has 10 heteroatoms. The van der Waals surface area contributed by atoms with Crippen LogP contribution in [0.2, 0.25) is 0 Å². The van der Waals surface area contributed by atoms with Gasteiger partial charge >= 0.3 is 19.8 Å². The minimum absolute atomic E-state index is 0.0490. The summed E-state index contributed by atoms with van der Waals surface area (Å²) in [4.78, 5) is 35.4. The molecule has 0 aromatic rings. The van der Waals surface area contributed by atoms with Gasteiger partial charge in [-0.3, -0.25) is 18.6 Å². The molecule has 0 rings (SSSR count). The van der Waals surface area contributed by atoms with Crippen molar-refractivity contribution >= 4 is 19.8 Å². The van der Waals surface area contributed by atoms with Crippen LogP contribution in [0.4, 0.5) is 0 Å². The molecule has 502 valence electrons. The summed E-state index contributed by atoms with van der Waals surface area (Å²) in [5.74, 6) is -0.827. The van der Waals surface area contributed by atoms with E-state index in [1.807, 2.05) is 0 Å². The van der Waals surface area contributed by atoms with Gasteiger partial charge in [0.15, 0.2) is 6.10 Å². The first kappa shape index (κ1) is 83.7. The molecule has 0 fully saturated rings. The number of phosphoric acid groups is 1. The van der Waals surface area contributed by atoms with E-state index in [0.29, 0.717) is 6.42 Å². The first-order valence-corrected chi connectivity index (χ1v) is 37.9. The fourth-order valence-electron chi connectivity index (χ4n) is 10.3. The normalized spacial score (nSPS) is 13.6. The van der Waals surface area contributed by atoms with Crippen molar-refractivity contribution in [3.63, 3.8) is 0 Å². The fraction of sp³-hybridized carbons (Fsp3) is 0.740. The average molecular weight is 1230 g/mol. The van der Waals surface area contributed by atoms with Crippen LogP contribution in [0, 0.1) is 0 Å². The number of ether oxygens (including phenoxy) is 2. The molecule has 0 amide bonds. The number of nitrogens with two attached hydrogens (primary N) is 1. The Labute approximate surface area is 537 Å². The molecule has 0 aromatic carbocycles. The monoisotopic (exact) mass is 1230 g/mol. The van der Waals surface area contributed by atoms with Gasteiger partial charge in [-0.2, -0.15) is 0 Å². The van der Waals surface area contributed by atoms with Crippen LogP contribution >= 0.6 is 7.82 Å². The molecular weight excluding hydrogens is 1100 g/mol. The molecule has 0 heterocycles. The number of carbonyl (C=O) groups is 2. The van der Waals surface area contributed by atoms with E-state index in [1.54, 1.807) is 0 Å². The lowest BCUT2D eigenvalue weighted by molar-refractivity contribution is -0.161. The van der Waals surface area contributed by atoms with Gasteiger partial charge in [-0.25, -0.2) is 4.57 Å². The van der Waals surface area contributed by atoms with Crippen LogP contribution in [0.25, 0.3) is 0 Å². The van der Waals surface area contributed by atoms with Crippen LogP contribution in [-0.2, 0) is 32.7 Å². The summed E-state index contributed by atoms with van der Waals surface area (Å²) in [6, 6.07) is 0. The number of hydrogen-bond acceptors (Lipinski definition) is 8. The molecule has 3 N–H and O–H groups in total. The van der Waals surface area contributed by atoms with Crippen LogP contribution < -0.4 is 5.73 Å². The zero-order chi connectivity index (χ0) is 63.0. The highest BCUT2D eigenvalue weighted by Crippen LogP contribution is 2.43. The summed E-state index contributed by atoms with van der Waals surface area (Å²) in [5.41, 5.74) is 5.40. The Kier molecular flexibility index (Phi) is 69.0. The fourth-order valence-corrected chi connectivity index (χ4v) is 11.1. The third-order valence-electron chi connectivity index (χ3n) is 15.6. The van der Waals surface area contributed by atoms with Crippen LogP contribution in [0.3, 0.4) is 0 Å². The van der Waals surface area contributed by atoms with E-state index >= 15 is 0 Å². The third kappa shape index (κ3) is 71.6. The van der Waals surface area contributed by atoms with E-state index < -0.39 is 26.5 Å². The lowest BCUT2D eigenvalue weighted by Gasteiger charge is -2.19. The van der Waals surface area contributed by atoms with Gasteiger partial charge in [0, 0.05) is 19.4 Å². The molecule has 2 unspecified atom stereocenters. The SMILES string of the molecule is CC/C=C\C/C=C\C/C=C\C/C=C\C/C=C\C/C=C\C/C=C\CCCCCCCCCCCC(=O)OC(COC(=O)CCCCCCCCCCCCCCCCCCCCCCCCC/C=C\C/C=C\CCCCCCC)COP(=O)(O)OCCN. The third-order valence-corrected chi connectivity index (χ3v) is 16.6. The number of rotatable bonds is 68.